The van der Waals surface area contributed by atoms with Gasteiger partial charge in [0.05, 0.1) is 12.3 Å². The molecular weight excluding hydrogens is 386 g/mol. The van der Waals surface area contributed by atoms with Gasteiger partial charge in [-0.25, -0.2) is 4.79 Å². The van der Waals surface area contributed by atoms with E-state index in [1.165, 1.54) is 17.4 Å². The van der Waals surface area contributed by atoms with Crippen molar-refractivity contribution in [3.05, 3.63) is 88.6 Å². The number of hydrogen-bond donors (Lipinski definition) is 1. The summed E-state index contributed by atoms with van der Waals surface area (Å²) in [5, 5.41) is 4.72. The van der Waals surface area contributed by atoms with Crippen molar-refractivity contribution in [3.63, 3.8) is 0 Å². The molecule has 0 aliphatic rings. The summed E-state index contributed by atoms with van der Waals surface area (Å²) in [4.78, 5) is 26.2. The van der Waals surface area contributed by atoms with Crippen LogP contribution in [0.15, 0.2) is 78.2 Å². The molecule has 1 unspecified atom stereocenters. The molecule has 0 aliphatic heterocycles. The standard InChI is InChI=1S/C23H21NO4S/c1-2-27-20-13-7-6-12-19(20)24-23(26)22(17-9-4-3-5-10-17)28-21(25)15-14-18-11-8-16-29-18/h3-16,22H,2H2,1H3,(H,24,26). The Balaban J connectivity index is 1.78. The van der Waals surface area contributed by atoms with Gasteiger partial charge in [-0.3, -0.25) is 4.79 Å². The molecule has 1 heterocycles. The van der Waals surface area contributed by atoms with Crippen LogP contribution in [0.25, 0.3) is 6.08 Å². The van der Waals surface area contributed by atoms with Crippen LogP contribution in [0.4, 0.5) is 5.69 Å². The molecule has 2 aromatic carbocycles. The lowest BCUT2D eigenvalue weighted by Gasteiger charge is -2.18. The molecule has 0 bridgehead atoms. The van der Waals surface area contributed by atoms with E-state index in [0.29, 0.717) is 23.6 Å². The third kappa shape index (κ3) is 5.80. The maximum absolute atomic E-state index is 13.0. The first kappa shape index (κ1) is 20.4. The minimum absolute atomic E-state index is 0.457. The highest BCUT2D eigenvalue weighted by Gasteiger charge is 2.25. The van der Waals surface area contributed by atoms with Crippen LogP contribution in [-0.4, -0.2) is 18.5 Å². The highest BCUT2D eigenvalue weighted by Crippen LogP contribution is 2.27. The number of esters is 1. The van der Waals surface area contributed by atoms with Gasteiger partial charge in [-0.05, 0) is 36.6 Å². The number of rotatable bonds is 8. The van der Waals surface area contributed by atoms with Gasteiger partial charge < -0.3 is 14.8 Å². The molecule has 1 N–H and O–H groups in total. The minimum atomic E-state index is -1.09. The first-order valence-electron chi connectivity index (χ1n) is 9.17. The normalized spacial score (nSPS) is 11.8. The Hall–Kier alpha value is -3.38. The summed E-state index contributed by atoms with van der Waals surface area (Å²) in [5.74, 6) is -0.499. The van der Waals surface area contributed by atoms with E-state index in [0.717, 1.165) is 4.88 Å². The van der Waals surface area contributed by atoms with Crippen molar-refractivity contribution in [1.29, 1.82) is 0 Å². The molecule has 0 fully saturated rings. The van der Waals surface area contributed by atoms with E-state index >= 15 is 0 Å². The molecule has 0 spiro atoms. The van der Waals surface area contributed by atoms with Gasteiger partial charge in [0.15, 0.2) is 0 Å². The van der Waals surface area contributed by atoms with Crippen molar-refractivity contribution < 1.29 is 19.1 Å². The lowest BCUT2D eigenvalue weighted by atomic mass is 10.1. The highest BCUT2D eigenvalue weighted by molar-refractivity contribution is 7.10. The minimum Gasteiger partial charge on any atom is -0.492 e. The van der Waals surface area contributed by atoms with E-state index in [2.05, 4.69) is 5.32 Å². The summed E-state index contributed by atoms with van der Waals surface area (Å²) in [6.45, 7) is 2.34. The van der Waals surface area contributed by atoms with Gasteiger partial charge in [0.1, 0.15) is 5.75 Å². The Morgan fingerprint density at radius 3 is 2.52 bits per heavy atom. The summed E-state index contributed by atoms with van der Waals surface area (Å²) in [6.07, 6.45) is 1.90. The summed E-state index contributed by atoms with van der Waals surface area (Å²) in [6, 6.07) is 19.8. The van der Waals surface area contributed by atoms with Crippen LogP contribution in [0.5, 0.6) is 5.75 Å². The number of amides is 1. The molecule has 3 rings (SSSR count). The number of nitrogens with one attached hydrogen (secondary N) is 1. The quantitative estimate of drug-likeness (QED) is 0.418. The fourth-order valence-corrected chi connectivity index (χ4v) is 3.26. The van der Waals surface area contributed by atoms with E-state index < -0.39 is 18.0 Å². The van der Waals surface area contributed by atoms with Gasteiger partial charge in [-0.2, -0.15) is 0 Å². The number of carbonyl (C=O) groups is 2. The molecule has 3 aromatic rings. The van der Waals surface area contributed by atoms with E-state index in [4.69, 9.17) is 9.47 Å². The molecule has 0 saturated carbocycles. The Labute approximate surface area is 173 Å². The van der Waals surface area contributed by atoms with Crippen molar-refractivity contribution in [1.82, 2.24) is 0 Å². The van der Waals surface area contributed by atoms with Crippen molar-refractivity contribution in [2.24, 2.45) is 0 Å². The zero-order valence-electron chi connectivity index (χ0n) is 15.9. The van der Waals surface area contributed by atoms with Gasteiger partial charge in [0.25, 0.3) is 5.91 Å². The predicted octanol–water partition coefficient (Wildman–Crippen LogP) is 5.08. The molecule has 0 radical (unpaired) electrons. The van der Waals surface area contributed by atoms with Crippen molar-refractivity contribution in [2.75, 3.05) is 11.9 Å². The molecule has 5 nitrogen and oxygen atoms in total. The Kier molecular flexibility index (Phi) is 7.19. The lowest BCUT2D eigenvalue weighted by molar-refractivity contribution is -0.149. The Morgan fingerprint density at radius 2 is 1.79 bits per heavy atom. The second kappa shape index (κ2) is 10.2. The average Bonchev–Trinajstić information content (AvgIpc) is 3.26. The fourth-order valence-electron chi connectivity index (χ4n) is 2.64. The predicted molar refractivity (Wildman–Crippen MR) is 115 cm³/mol. The average molecular weight is 407 g/mol. The maximum Gasteiger partial charge on any atom is 0.331 e. The van der Waals surface area contributed by atoms with E-state index in [9.17, 15) is 9.59 Å². The van der Waals surface area contributed by atoms with Gasteiger partial charge in [0.2, 0.25) is 6.10 Å². The molecule has 1 amide bonds. The van der Waals surface area contributed by atoms with Crippen LogP contribution in [0.1, 0.15) is 23.5 Å². The molecular formula is C23H21NO4S. The number of carbonyl (C=O) groups excluding carboxylic acids is 2. The van der Waals surface area contributed by atoms with E-state index in [1.54, 1.807) is 48.5 Å². The second-order valence-corrected chi connectivity index (χ2v) is 6.97. The van der Waals surface area contributed by atoms with Crippen LogP contribution in [-0.2, 0) is 14.3 Å². The molecule has 1 aromatic heterocycles. The van der Waals surface area contributed by atoms with Gasteiger partial charge in [0, 0.05) is 16.5 Å². The van der Waals surface area contributed by atoms with Gasteiger partial charge in [-0.1, -0.05) is 48.5 Å². The number of thiophene rings is 1. The first-order chi connectivity index (χ1) is 14.2. The fraction of sp³-hybridized carbons (Fsp3) is 0.130. The monoisotopic (exact) mass is 407 g/mol. The highest BCUT2D eigenvalue weighted by atomic mass is 32.1. The van der Waals surface area contributed by atoms with Crippen molar-refractivity contribution in [3.8, 4) is 5.75 Å². The summed E-state index contributed by atoms with van der Waals surface area (Å²) in [5.41, 5.74) is 1.10. The first-order valence-corrected chi connectivity index (χ1v) is 10.0. The SMILES string of the molecule is CCOc1ccccc1NC(=O)C(OC(=O)C=Cc1cccs1)c1ccccc1. The molecule has 148 valence electrons. The zero-order valence-corrected chi connectivity index (χ0v) is 16.7. The van der Waals surface area contributed by atoms with Gasteiger partial charge >= 0.3 is 5.97 Å². The van der Waals surface area contributed by atoms with Crippen molar-refractivity contribution >= 4 is 35.0 Å². The van der Waals surface area contributed by atoms with E-state index in [1.807, 2.05) is 36.6 Å². The third-order valence-electron chi connectivity index (χ3n) is 3.95. The van der Waals surface area contributed by atoms with Crippen LogP contribution >= 0.6 is 11.3 Å². The second-order valence-electron chi connectivity index (χ2n) is 5.99. The number of ether oxygens (including phenoxy) is 2. The summed E-state index contributed by atoms with van der Waals surface area (Å²) < 4.78 is 11.0. The number of hydrogen-bond acceptors (Lipinski definition) is 5. The Morgan fingerprint density at radius 1 is 1.03 bits per heavy atom. The molecule has 29 heavy (non-hydrogen) atoms. The smallest absolute Gasteiger partial charge is 0.331 e. The molecule has 6 heteroatoms. The zero-order chi connectivity index (χ0) is 20.5. The summed E-state index contributed by atoms with van der Waals surface area (Å²) >= 11 is 1.51. The van der Waals surface area contributed by atoms with Crippen LogP contribution in [0, 0.1) is 0 Å². The van der Waals surface area contributed by atoms with Gasteiger partial charge in [-0.15, -0.1) is 11.3 Å². The van der Waals surface area contributed by atoms with Crippen LogP contribution < -0.4 is 10.1 Å². The number of para-hydroxylation sites is 2. The topological polar surface area (TPSA) is 64.6 Å². The van der Waals surface area contributed by atoms with E-state index in [-0.39, 0.29) is 0 Å². The van der Waals surface area contributed by atoms with Crippen LogP contribution in [0.3, 0.4) is 0 Å². The number of anilines is 1. The molecule has 1 atom stereocenters. The summed E-state index contributed by atoms with van der Waals surface area (Å²) in [7, 11) is 0. The number of benzene rings is 2. The third-order valence-corrected chi connectivity index (χ3v) is 4.78. The molecule has 0 saturated heterocycles. The van der Waals surface area contributed by atoms with Crippen molar-refractivity contribution in [2.45, 2.75) is 13.0 Å². The molecule has 0 aliphatic carbocycles. The van der Waals surface area contributed by atoms with Crippen LogP contribution in [0.2, 0.25) is 0 Å². The lowest BCUT2D eigenvalue weighted by Crippen LogP contribution is -2.25. The Bertz CT molecular complexity index is 968. The largest absolute Gasteiger partial charge is 0.492 e. The maximum atomic E-state index is 13.0.